The molecule has 5 heteroatoms. The van der Waals surface area contributed by atoms with Gasteiger partial charge in [-0.2, -0.15) is 9.97 Å². The number of benzene rings is 2. The summed E-state index contributed by atoms with van der Waals surface area (Å²) >= 11 is 0. The van der Waals surface area contributed by atoms with Gasteiger partial charge in [0, 0.05) is 11.8 Å². The largest absolute Gasteiger partial charge is 0.467 e. The highest BCUT2D eigenvalue weighted by Gasteiger charge is 2.11. The highest BCUT2D eigenvalue weighted by atomic mass is 16.5. The summed E-state index contributed by atoms with van der Waals surface area (Å²) < 4.78 is 5.15. The Hall–Kier alpha value is -2.95. The number of rotatable bonds is 5. The first-order valence-electron chi connectivity index (χ1n) is 7.36. The first-order chi connectivity index (χ1) is 11.2. The van der Waals surface area contributed by atoms with Crippen molar-refractivity contribution in [3.63, 3.8) is 0 Å². The highest BCUT2D eigenvalue weighted by Crippen LogP contribution is 2.26. The van der Waals surface area contributed by atoms with Crippen LogP contribution >= 0.6 is 0 Å². The number of ether oxygens (including phenoxy) is 1. The molecule has 2 aromatic carbocycles. The van der Waals surface area contributed by atoms with Crippen molar-refractivity contribution in [1.82, 2.24) is 9.97 Å². The lowest BCUT2D eigenvalue weighted by molar-refractivity contribution is -0.118. The van der Waals surface area contributed by atoms with E-state index in [-0.39, 0.29) is 12.3 Å². The topological polar surface area (TPSA) is 78.1 Å². The van der Waals surface area contributed by atoms with E-state index in [0.717, 1.165) is 27.7 Å². The summed E-state index contributed by atoms with van der Waals surface area (Å²) in [5, 5.41) is 0.911. The molecule has 1 heterocycles. The van der Waals surface area contributed by atoms with E-state index in [1.165, 1.54) is 7.11 Å². The summed E-state index contributed by atoms with van der Waals surface area (Å²) in [5.74, 6) is -0.352. The maximum atomic E-state index is 11.1. The van der Waals surface area contributed by atoms with Gasteiger partial charge in [-0.25, -0.2) is 0 Å². The van der Waals surface area contributed by atoms with Crippen LogP contribution in [-0.4, -0.2) is 23.0 Å². The van der Waals surface area contributed by atoms with Gasteiger partial charge in [0.2, 0.25) is 5.91 Å². The van der Waals surface area contributed by atoms with Crippen molar-refractivity contribution in [3.05, 3.63) is 54.2 Å². The van der Waals surface area contributed by atoms with Gasteiger partial charge in [-0.3, -0.25) is 4.79 Å². The fraction of sp³-hybridized carbons (Fsp3) is 0.167. The molecule has 0 spiro atoms. The Labute approximate surface area is 134 Å². The van der Waals surface area contributed by atoms with E-state index in [1.807, 2.05) is 36.4 Å². The average molecular weight is 307 g/mol. The molecule has 0 unspecified atom stereocenters. The van der Waals surface area contributed by atoms with Crippen LogP contribution in [0.5, 0.6) is 6.01 Å². The van der Waals surface area contributed by atoms with Crippen LogP contribution < -0.4 is 10.5 Å². The van der Waals surface area contributed by atoms with Gasteiger partial charge >= 0.3 is 6.01 Å². The van der Waals surface area contributed by atoms with E-state index >= 15 is 0 Å². The second kappa shape index (κ2) is 6.44. The monoisotopic (exact) mass is 307 g/mol. The van der Waals surface area contributed by atoms with Crippen LogP contribution in [0.4, 0.5) is 0 Å². The molecule has 0 saturated carbocycles. The van der Waals surface area contributed by atoms with Crippen molar-refractivity contribution < 1.29 is 9.53 Å². The standard InChI is InChI=1S/C18H17N3O2/c1-23-18-20-15-8-7-13(12-5-3-2-4-6-12)11-14(15)16(21-18)9-10-17(19)22/h2-8,11H,9-10H2,1H3,(H2,19,22). The molecule has 116 valence electrons. The van der Waals surface area contributed by atoms with E-state index in [0.29, 0.717) is 12.4 Å². The Morgan fingerprint density at radius 3 is 2.57 bits per heavy atom. The van der Waals surface area contributed by atoms with Crippen LogP contribution in [0.1, 0.15) is 12.1 Å². The molecule has 5 nitrogen and oxygen atoms in total. The van der Waals surface area contributed by atoms with Gasteiger partial charge < -0.3 is 10.5 Å². The van der Waals surface area contributed by atoms with E-state index in [9.17, 15) is 4.79 Å². The molecule has 0 atom stereocenters. The van der Waals surface area contributed by atoms with Gasteiger partial charge in [-0.1, -0.05) is 36.4 Å². The van der Waals surface area contributed by atoms with Gasteiger partial charge in [0.1, 0.15) is 0 Å². The van der Waals surface area contributed by atoms with Gasteiger partial charge in [0.25, 0.3) is 0 Å². The Morgan fingerprint density at radius 1 is 1.09 bits per heavy atom. The predicted molar refractivity (Wildman–Crippen MR) is 89.0 cm³/mol. The summed E-state index contributed by atoms with van der Waals surface area (Å²) in [6.07, 6.45) is 0.702. The zero-order valence-corrected chi connectivity index (χ0v) is 12.8. The summed E-state index contributed by atoms with van der Waals surface area (Å²) in [6, 6.07) is 16.4. The zero-order valence-electron chi connectivity index (χ0n) is 12.8. The molecule has 0 radical (unpaired) electrons. The van der Waals surface area contributed by atoms with Crippen molar-refractivity contribution in [2.45, 2.75) is 12.8 Å². The Kier molecular flexibility index (Phi) is 4.19. The first kappa shape index (κ1) is 15.0. The number of nitrogens with two attached hydrogens (primary N) is 1. The fourth-order valence-corrected chi connectivity index (χ4v) is 2.50. The van der Waals surface area contributed by atoms with Crippen LogP contribution in [0.2, 0.25) is 0 Å². The normalized spacial score (nSPS) is 10.7. The molecule has 3 rings (SSSR count). The SMILES string of the molecule is COc1nc(CCC(N)=O)c2cc(-c3ccccc3)ccc2n1. The molecule has 0 aliphatic heterocycles. The lowest BCUT2D eigenvalue weighted by Crippen LogP contribution is -2.12. The summed E-state index contributed by atoms with van der Waals surface area (Å²) in [7, 11) is 1.53. The fourth-order valence-electron chi connectivity index (χ4n) is 2.50. The summed E-state index contributed by atoms with van der Waals surface area (Å²) in [5.41, 5.74) is 9.01. The molecule has 1 aromatic heterocycles. The third-order valence-corrected chi connectivity index (χ3v) is 3.65. The number of hydrogen-bond acceptors (Lipinski definition) is 4. The van der Waals surface area contributed by atoms with Gasteiger partial charge in [-0.05, 0) is 29.7 Å². The second-order valence-corrected chi connectivity index (χ2v) is 5.22. The molecule has 0 saturated heterocycles. The number of aromatic nitrogens is 2. The van der Waals surface area contributed by atoms with Crippen molar-refractivity contribution in [1.29, 1.82) is 0 Å². The van der Waals surface area contributed by atoms with Crippen LogP contribution in [-0.2, 0) is 11.2 Å². The molecule has 23 heavy (non-hydrogen) atoms. The predicted octanol–water partition coefficient (Wildman–Crippen LogP) is 2.72. The third-order valence-electron chi connectivity index (χ3n) is 3.65. The summed E-state index contributed by atoms with van der Waals surface area (Å²) in [6.45, 7) is 0. The van der Waals surface area contributed by atoms with Crippen molar-refractivity contribution >= 4 is 16.8 Å². The van der Waals surface area contributed by atoms with E-state index in [4.69, 9.17) is 10.5 Å². The van der Waals surface area contributed by atoms with Crippen molar-refractivity contribution in [2.75, 3.05) is 7.11 Å². The Bertz CT molecular complexity index is 848. The van der Waals surface area contributed by atoms with Gasteiger partial charge in [0.05, 0.1) is 18.3 Å². The van der Waals surface area contributed by atoms with Crippen LogP contribution in [0.15, 0.2) is 48.5 Å². The molecule has 3 aromatic rings. The number of hydrogen-bond donors (Lipinski definition) is 1. The molecule has 0 bridgehead atoms. The third kappa shape index (κ3) is 3.29. The number of aryl methyl sites for hydroxylation is 1. The average Bonchev–Trinajstić information content (AvgIpc) is 2.59. The van der Waals surface area contributed by atoms with Crippen molar-refractivity contribution in [2.24, 2.45) is 5.73 Å². The number of carbonyl (C=O) groups is 1. The maximum Gasteiger partial charge on any atom is 0.316 e. The highest BCUT2D eigenvalue weighted by molar-refractivity contribution is 5.87. The zero-order chi connectivity index (χ0) is 16.2. The van der Waals surface area contributed by atoms with E-state index in [1.54, 1.807) is 0 Å². The van der Waals surface area contributed by atoms with Crippen LogP contribution in [0, 0.1) is 0 Å². The van der Waals surface area contributed by atoms with E-state index < -0.39 is 0 Å². The van der Waals surface area contributed by atoms with Crippen LogP contribution in [0.3, 0.4) is 0 Å². The number of fused-ring (bicyclic) bond motifs is 1. The molecule has 0 aliphatic rings. The lowest BCUT2D eigenvalue weighted by Gasteiger charge is -2.09. The summed E-state index contributed by atoms with van der Waals surface area (Å²) in [4.78, 5) is 19.9. The Morgan fingerprint density at radius 2 is 1.87 bits per heavy atom. The molecule has 2 N–H and O–H groups in total. The smallest absolute Gasteiger partial charge is 0.316 e. The number of amides is 1. The number of methoxy groups -OCH3 is 1. The Balaban J connectivity index is 2.12. The molecule has 0 aliphatic carbocycles. The van der Waals surface area contributed by atoms with E-state index in [2.05, 4.69) is 22.1 Å². The quantitative estimate of drug-likeness (QED) is 0.786. The maximum absolute atomic E-state index is 11.1. The van der Waals surface area contributed by atoms with Crippen LogP contribution in [0.25, 0.3) is 22.0 Å². The molecule has 1 amide bonds. The molecule has 0 fully saturated rings. The lowest BCUT2D eigenvalue weighted by atomic mass is 10.0. The van der Waals surface area contributed by atoms with Gasteiger partial charge in [0.15, 0.2) is 0 Å². The second-order valence-electron chi connectivity index (χ2n) is 5.22. The minimum Gasteiger partial charge on any atom is -0.467 e. The molecular weight excluding hydrogens is 290 g/mol. The van der Waals surface area contributed by atoms with Gasteiger partial charge in [-0.15, -0.1) is 0 Å². The van der Waals surface area contributed by atoms with Crippen molar-refractivity contribution in [3.8, 4) is 17.1 Å². The first-order valence-corrected chi connectivity index (χ1v) is 7.36. The minimum atomic E-state index is -0.352. The minimum absolute atomic E-state index is 0.241. The molecular formula is C18H17N3O2. The number of nitrogens with zero attached hydrogens (tertiary/aromatic N) is 2. The number of primary amides is 1. The number of carbonyl (C=O) groups excluding carboxylic acids is 1.